The van der Waals surface area contributed by atoms with Crippen molar-refractivity contribution in [2.75, 3.05) is 32.7 Å². The maximum Gasteiger partial charge on any atom is 0.269 e. The molecule has 0 aromatic heterocycles. The molecule has 0 unspecified atom stereocenters. The van der Waals surface area contributed by atoms with E-state index in [1.807, 2.05) is 24.3 Å². The summed E-state index contributed by atoms with van der Waals surface area (Å²) in [5.41, 5.74) is 1.89. The number of piperazine rings is 1. The fourth-order valence-corrected chi connectivity index (χ4v) is 4.40. The zero-order valence-electron chi connectivity index (χ0n) is 16.5. The summed E-state index contributed by atoms with van der Waals surface area (Å²) in [6.45, 7) is 8.28. The maximum absolute atomic E-state index is 12.6. The predicted molar refractivity (Wildman–Crippen MR) is 111 cm³/mol. The number of hydrogen-bond donors (Lipinski definition) is 1. The molecule has 1 saturated heterocycles. The molecule has 2 aromatic carbocycles. The smallest absolute Gasteiger partial charge is 0.269 e. The lowest BCUT2D eigenvalue weighted by Crippen LogP contribution is -2.45. The first kappa shape index (κ1) is 21.4. The lowest BCUT2D eigenvalue weighted by Gasteiger charge is -2.34. The molecule has 3 rings (SSSR count). The minimum absolute atomic E-state index is 0.0104. The first-order valence-electron chi connectivity index (χ1n) is 9.64. The van der Waals surface area contributed by atoms with Crippen molar-refractivity contribution in [3.05, 3.63) is 69.8 Å². The zero-order chi connectivity index (χ0) is 20.9. The quantitative estimate of drug-likeness (QED) is 0.522. The monoisotopic (exact) mass is 418 g/mol. The van der Waals surface area contributed by atoms with Gasteiger partial charge in [0.15, 0.2) is 0 Å². The molecule has 8 nitrogen and oxygen atoms in total. The van der Waals surface area contributed by atoms with Crippen LogP contribution in [-0.4, -0.2) is 55.9 Å². The fraction of sp³-hybridized carbons (Fsp3) is 0.400. The molecule has 2 aromatic rings. The Kier molecular flexibility index (Phi) is 6.96. The molecule has 1 heterocycles. The van der Waals surface area contributed by atoms with Crippen molar-refractivity contribution in [1.29, 1.82) is 0 Å². The second kappa shape index (κ2) is 9.45. The summed E-state index contributed by atoms with van der Waals surface area (Å²) in [6.07, 6.45) is 0. The van der Waals surface area contributed by atoms with E-state index in [2.05, 4.69) is 21.4 Å². The van der Waals surface area contributed by atoms with Gasteiger partial charge in [-0.3, -0.25) is 15.0 Å². The third-order valence-corrected chi connectivity index (χ3v) is 6.65. The van der Waals surface area contributed by atoms with Gasteiger partial charge in [0.25, 0.3) is 5.69 Å². The van der Waals surface area contributed by atoms with Gasteiger partial charge < -0.3 is 4.90 Å². The van der Waals surface area contributed by atoms with E-state index in [0.29, 0.717) is 0 Å². The van der Waals surface area contributed by atoms with Gasteiger partial charge in [0.2, 0.25) is 10.0 Å². The van der Waals surface area contributed by atoms with Crippen LogP contribution in [0.2, 0.25) is 0 Å². The molecule has 1 fully saturated rings. The number of likely N-dealkylation sites (N-methyl/N-ethyl adjacent to an activating group) is 1. The van der Waals surface area contributed by atoms with Crippen LogP contribution < -0.4 is 4.72 Å². The van der Waals surface area contributed by atoms with E-state index in [1.165, 1.54) is 24.3 Å². The Morgan fingerprint density at radius 3 is 2.14 bits per heavy atom. The largest absolute Gasteiger partial charge is 0.301 e. The summed E-state index contributed by atoms with van der Waals surface area (Å²) in [5, 5.41) is 10.7. The van der Waals surface area contributed by atoms with Gasteiger partial charge in [-0.15, -0.1) is 0 Å². The van der Waals surface area contributed by atoms with Gasteiger partial charge in [-0.25, -0.2) is 13.1 Å². The highest BCUT2D eigenvalue weighted by Crippen LogP contribution is 2.18. The van der Waals surface area contributed by atoms with Crippen molar-refractivity contribution in [2.24, 2.45) is 0 Å². The molecular weight excluding hydrogens is 392 g/mol. The van der Waals surface area contributed by atoms with E-state index in [9.17, 15) is 18.5 Å². The van der Waals surface area contributed by atoms with Gasteiger partial charge in [0.1, 0.15) is 0 Å². The molecule has 0 aliphatic carbocycles. The van der Waals surface area contributed by atoms with Crippen LogP contribution >= 0.6 is 0 Å². The van der Waals surface area contributed by atoms with Crippen LogP contribution in [0.15, 0.2) is 53.4 Å². The summed E-state index contributed by atoms with van der Waals surface area (Å²) < 4.78 is 27.7. The van der Waals surface area contributed by atoms with Crippen molar-refractivity contribution >= 4 is 15.7 Å². The van der Waals surface area contributed by atoms with Gasteiger partial charge in [-0.1, -0.05) is 31.2 Å². The number of hydrogen-bond acceptors (Lipinski definition) is 6. The van der Waals surface area contributed by atoms with E-state index in [4.69, 9.17) is 0 Å². The molecule has 9 heteroatoms. The van der Waals surface area contributed by atoms with Crippen LogP contribution in [0.1, 0.15) is 18.1 Å². The zero-order valence-corrected chi connectivity index (χ0v) is 17.3. The molecule has 0 bridgehead atoms. The highest BCUT2D eigenvalue weighted by molar-refractivity contribution is 7.89. The van der Waals surface area contributed by atoms with E-state index < -0.39 is 14.9 Å². The number of nitro groups is 1. The number of benzene rings is 2. The first-order valence-corrected chi connectivity index (χ1v) is 11.1. The van der Waals surface area contributed by atoms with E-state index in [-0.39, 0.29) is 17.1 Å². The fourth-order valence-electron chi connectivity index (χ4n) is 3.39. The second-order valence-corrected chi connectivity index (χ2v) is 8.82. The molecule has 0 spiro atoms. The second-order valence-electron chi connectivity index (χ2n) is 7.05. The Morgan fingerprint density at radius 2 is 1.55 bits per heavy atom. The lowest BCUT2D eigenvalue weighted by molar-refractivity contribution is -0.384. The van der Waals surface area contributed by atoms with Gasteiger partial charge in [0, 0.05) is 51.4 Å². The van der Waals surface area contributed by atoms with Crippen LogP contribution in [0.25, 0.3) is 0 Å². The van der Waals surface area contributed by atoms with Crippen LogP contribution in [0, 0.1) is 10.1 Å². The van der Waals surface area contributed by atoms with Crippen LogP contribution in [0.4, 0.5) is 5.69 Å². The van der Waals surface area contributed by atoms with Crippen LogP contribution in [0.3, 0.4) is 0 Å². The number of nitro benzene ring substituents is 1. The predicted octanol–water partition coefficient (Wildman–Crippen LogP) is 2.21. The summed E-state index contributed by atoms with van der Waals surface area (Å²) in [6, 6.07) is 12.7. The summed E-state index contributed by atoms with van der Waals surface area (Å²) in [7, 11) is -3.75. The summed E-state index contributed by atoms with van der Waals surface area (Å²) in [5.74, 6) is 0. The number of nitrogens with zero attached hydrogens (tertiary/aromatic N) is 3. The van der Waals surface area contributed by atoms with Crippen molar-refractivity contribution < 1.29 is 13.3 Å². The Balaban J connectivity index is 1.65. The van der Waals surface area contributed by atoms with Crippen molar-refractivity contribution in [3.63, 3.8) is 0 Å². The van der Waals surface area contributed by atoms with Gasteiger partial charge in [-0.2, -0.15) is 0 Å². The molecule has 29 heavy (non-hydrogen) atoms. The third kappa shape index (κ3) is 5.60. The highest BCUT2D eigenvalue weighted by atomic mass is 32.2. The molecule has 0 atom stereocenters. The average molecular weight is 419 g/mol. The minimum Gasteiger partial charge on any atom is -0.301 e. The maximum atomic E-state index is 12.6. The Bertz CT molecular complexity index is 939. The normalized spacial score (nSPS) is 16.0. The van der Waals surface area contributed by atoms with Gasteiger partial charge in [-0.05, 0) is 29.8 Å². The SMILES string of the molecule is CCN1CCN(Cc2ccccc2CNS(=O)(=O)c2ccc([N+](=O)[O-])cc2)CC1. The van der Waals surface area contributed by atoms with Crippen molar-refractivity contribution in [2.45, 2.75) is 24.9 Å². The molecular formula is C20H26N4O4S. The molecule has 1 aliphatic heterocycles. The molecule has 156 valence electrons. The summed E-state index contributed by atoms with van der Waals surface area (Å²) >= 11 is 0. The molecule has 1 aliphatic rings. The first-order chi connectivity index (χ1) is 13.9. The van der Waals surface area contributed by atoms with E-state index in [0.717, 1.165) is 50.4 Å². The average Bonchev–Trinajstić information content (AvgIpc) is 2.74. The minimum atomic E-state index is -3.75. The van der Waals surface area contributed by atoms with Crippen LogP contribution in [0.5, 0.6) is 0 Å². The van der Waals surface area contributed by atoms with Gasteiger partial charge in [0.05, 0.1) is 9.82 Å². The molecule has 0 amide bonds. The number of non-ortho nitro benzene ring substituents is 1. The Labute approximate surface area is 171 Å². The van der Waals surface area contributed by atoms with Crippen molar-refractivity contribution in [3.8, 4) is 0 Å². The Hall–Kier alpha value is -2.33. The standard InChI is InChI=1S/C20H26N4O4S/c1-2-22-11-13-23(14-12-22)16-18-6-4-3-5-17(18)15-21-29(27,28)20-9-7-19(8-10-20)24(25)26/h3-10,21H,2,11-16H2,1H3. The van der Waals surface area contributed by atoms with E-state index >= 15 is 0 Å². The highest BCUT2D eigenvalue weighted by Gasteiger charge is 2.19. The number of sulfonamides is 1. The van der Waals surface area contributed by atoms with Crippen LogP contribution in [-0.2, 0) is 23.1 Å². The summed E-state index contributed by atoms with van der Waals surface area (Å²) in [4.78, 5) is 15.0. The Morgan fingerprint density at radius 1 is 0.966 bits per heavy atom. The van der Waals surface area contributed by atoms with E-state index in [1.54, 1.807) is 0 Å². The number of rotatable bonds is 8. The molecule has 0 saturated carbocycles. The van der Waals surface area contributed by atoms with Crippen molar-refractivity contribution in [1.82, 2.24) is 14.5 Å². The molecule has 0 radical (unpaired) electrons. The number of nitrogens with one attached hydrogen (secondary N) is 1. The lowest BCUT2D eigenvalue weighted by atomic mass is 10.1. The molecule has 1 N–H and O–H groups in total. The van der Waals surface area contributed by atoms with Gasteiger partial charge >= 0.3 is 0 Å². The third-order valence-electron chi connectivity index (χ3n) is 5.23. The topological polar surface area (TPSA) is 95.8 Å².